The van der Waals surface area contributed by atoms with Crippen molar-refractivity contribution in [1.29, 1.82) is 0 Å². The molecule has 5 aromatic rings. The monoisotopic (exact) mass is 485 g/mol. The van der Waals surface area contributed by atoms with Gasteiger partial charge in [-0.1, -0.05) is 55.5 Å². The van der Waals surface area contributed by atoms with Crippen molar-refractivity contribution >= 4 is 31.9 Å². The van der Waals surface area contributed by atoms with Crippen LogP contribution in [0.2, 0.25) is 0 Å². The van der Waals surface area contributed by atoms with Gasteiger partial charge in [0.15, 0.2) is 0 Å². The van der Waals surface area contributed by atoms with Crippen LogP contribution in [0, 0.1) is 5.92 Å². The summed E-state index contributed by atoms with van der Waals surface area (Å²) >= 11 is 0. The molecular formula is C27H27N5O2S. The molecule has 6 rings (SSSR count). The Morgan fingerprint density at radius 1 is 1.03 bits per heavy atom. The van der Waals surface area contributed by atoms with E-state index in [0.717, 1.165) is 42.6 Å². The Labute approximate surface area is 204 Å². The molecule has 3 aromatic heterocycles. The minimum Gasteiger partial charge on any atom is -0.346 e. The van der Waals surface area contributed by atoms with Crippen LogP contribution in [0.3, 0.4) is 0 Å². The van der Waals surface area contributed by atoms with Gasteiger partial charge in [0.05, 0.1) is 16.6 Å². The molecule has 0 spiro atoms. The van der Waals surface area contributed by atoms with E-state index in [2.05, 4.69) is 51.0 Å². The molecule has 1 saturated heterocycles. The summed E-state index contributed by atoms with van der Waals surface area (Å²) in [5.74, 6) is 0.233. The minimum absolute atomic E-state index is 0.000936. The van der Waals surface area contributed by atoms with Gasteiger partial charge in [0.2, 0.25) is 15.0 Å². The van der Waals surface area contributed by atoms with Crippen molar-refractivity contribution in [2.75, 3.05) is 13.1 Å². The first-order chi connectivity index (χ1) is 17.0. The summed E-state index contributed by atoms with van der Waals surface area (Å²) in [6, 6.07) is 21.0. The average molecular weight is 486 g/mol. The van der Waals surface area contributed by atoms with Gasteiger partial charge < -0.3 is 9.55 Å². The number of likely N-dealkylation sites (tertiary alicyclic amines) is 1. The van der Waals surface area contributed by atoms with Crippen LogP contribution in [0.15, 0.2) is 89.2 Å². The van der Waals surface area contributed by atoms with Crippen LogP contribution in [0.4, 0.5) is 0 Å². The fraction of sp³-hybridized carbons (Fsp3) is 0.259. The second kappa shape index (κ2) is 8.62. The van der Waals surface area contributed by atoms with Crippen LogP contribution in [0.25, 0.3) is 22.1 Å². The summed E-state index contributed by atoms with van der Waals surface area (Å²) in [5.41, 5.74) is 3.46. The zero-order chi connectivity index (χ0) is 24.0. The first-order valence-corrected chi connectivity index (χ1v) is 13.4. The summed E-state index contributed by atoms with van der Waals surface area (Å²) in [7, 11) is -3.82. The quantitative estimate of drug-likeness (QED) is 0.386. The number of rotatable bonds is 5. The molecule has 178 valence electrons. The molecule has 0 amide bonds. The molecule has 1 aliphatic heterocycles. The third kappa shape index (κ3) is 3.83. The molecule has 2 aromatic carbocycles. The highest BCUT2D eigenvalue weighted by Gasteiger charge is 2.35. The normalized spacial score (nSPS) is 19.5. The Bertz CT molecular complexity index is 1590. The summed E-state index contributed by atoms with van der Waals surface area (Å²) in [5, 5.41) is 0.992. The molecule has 1 aliphatic rings. The lowest BCUT2D eigenvalue weighted by Gasteiger charge is -2.38. The van der Waals surface area contributed by atoms with E-state index in [9.17, 15) is 8.42 Å². The van der Waals surface area contributed by atoms with Crippen molar-refractivity contribution < 1.29 is 8.42 Å². The Morgan fingerprint density at radius 2 is 1.77 bits per heavy atom. The average Bonchev–Trinajstić information content (AvgIpc) is 3.50. The van der Waals surface area contributed by atoms with Gasteiger partial charge in [0.1, 0.15) is 11.2 Å². The van der Waals surface area contributed by atoms with Crippen LogP contribution in [-0.4, -0.2) is 45.9 Å². The number of nitrogens with one attached hydrogen (secondary N) is 1. The molecule has 2 atom stereocenters. The third-order valence-electron chi connectivity index (χ3n) is 7.02. The fourth-order valence-corrected chi connectivity index (χ4v) is 6.79. The summed E-state index contributed by atoms with van der Waals surface area (Å²) in [6.07, 6.45) is 4.35. The number of piperidine rings is 1. The molecular weight excluding hydrogens is 458 g/mol. The van der Waals surface area contributed by atoms with Crippen molar-refractivity contribution in [1.82, 2.24) is 24.4 Å². The van der Waals surface area contributed by atoms with E-state index >= 15 is 0 Å². The Balaban J connectivity index is 1.45. The van der Waals surface area contributed by atoms with Crippen molar-refractivity contribution in [3.05, 3.63) is 84.7 Å². The smallest absolute Gasteiger partial charge is 0.240 e. The predicted octanol–water partition coefficient (Wildman–Crippen LogP) is 4.83. The van der Waals surface area contributed by atoms with Crippen LogP contribution in [0.1, 0.15) is 24.9 Å². The third-order valence-corrected chi connectivity index (χ3v) is 8.68. The molecule has 0 radical (unpaired) electrons. The molecule has 0 aliphatic carbocycles. The van der Waals surface area contributed by atoms with Gasteiger partial charge in [-0.15, -0.1) is 0 Å². The Hall–Kier alpha value is -3.49. The van der Waals surface area contributed by atoms with Gasteiger partial charge >= 0.3 is 0 Å². The van der Waals surface area contributed by atoms with E-state index in [4.69, 9.17) is 0 Å². The first-order valence-electron chi connectivity index (χ1n) is 11.9. The molecule has 4 heterocycles. The largest absolute Gasteiger partial charge is 0.346 e. The van der Waals surface area contributed by atoms with E-state index in [1.165, 1.54) is 5.56 Å². The molecule has 7 nitrogen and oxygen atoms in total. The van der Waals surface area contributed by atoms with E-state index < -0.39 is 9.84 Å². The van der Waals surface area contributed by atoms with Gasteiger partial charge in [-0.3, -0.25) is 4.90 Å². The first kappa shape index (κ1) is 22.0. The van der Waals surface area contributed by atoms with Crippen molar-refractivity contribution in [2.24, 2.45) is 5.92 Å². The Morgan fingerprint density at radius 3 is 2.51 bits per heavy atom. The zero-order valence-electron chi connectivity index (χ0n) is 19.5. The number of fused-ring (bicyclic) bond motifs is 3. The van der Waals surface area contributed by atoms with Gasteiger partial charge in [0, 0.05) is 37.3 Å². The number of nitrogens with zero attached hydrogens (tertiary/aromatic N) is 4. The number of H-pyrrole nitrogens is 1. The highest BCUT2D eigenvalue weighted by molar-refractivity contribution is 7.91. The van der Waals surface area contributed by atoms with Crippen molar-refractivity contribution in [2.45, 2.75) is 36.0 Å². The standard InChI is InChI=1S/C27H27N5O2S/c1-19-17-31(18-20-8-4-2-5-9-20)15-13-24(19)32-25-22-12-14-28-26(22)29-16-23(25)30-27(32)35(33,34)21-10-6-3-7-11-21/h2-12,14,16,19,24H,13,15,17-18H2,1H3,(H,28,29). The van der Waals surface area contributed by atoms with Crippen LogP contribution >= 0.6 is 0 Å². The van der Waals surface area contributed by atoms with Crippen LogP contribution in [0.5, 0.6) is 0 Å². The van der Waals surface area contributed by atoms with Gasteiger partial charge in [-0.25, -0.2) is 18.4 Å². The SMILES string of the molecule is CC1CN(Cc2ccccc2)CCC1n1c(S(=O)(=O)c2ccccc2)nc2cnc3[nH]ccc3c21. The molecule has 1 fully saturated rings. The molecule has 35 heavy (non-hydrogen) atoms. The maximum Gasteiger partial charge on any atom is 0.240 e. The number of sulfone groups is 1. The summed E-state index contributed by atoms with van der Waals surface area (Å²) < 4.78 is 29.6. The summed E-state index contributed by atoms with van der Waals surface area (Å²) in [4.78, 5) is 15.0. The maximum atomic E-state index is 13.8. The number of aromatic nitrogens is 4. The van der Waals surface area contributed by atoms with Gasteiger partial charge in [-0.05, 0) is 36.1 Å². The molecule has 0 bridgehead atoms. The van der Waals surface area contributed by atoms with E-state index in [-0.39, 0.29) is 22.0 Å². The zero-order valence-corrected chi connectivity index (χ0v) is 20.3. The minimum atomic E-state index is -3.82. The van der Waals surface area contributed by atoms with Gasteiger partial charge in [-0.2, -0.15) is 0 Å². The topological polar surface area (TPSA) is 83.9 Å². The van der Waals surface area contributed by atoms with Gasteiger partial charge in [0.25, 0.3) is 0 Å². The van der Waals surface area contributed by atoms with Crippen LogP contribution < -0.4 is 0 Å². The predicted molar refractivity (Wildman–Crippen MR) is 136 cm³/mol. The number of pyridine rings is 1. The number of hydrogen-bond donors (Lipinski definition) is 1. The number of benzene rings is 2. The lowest BCUT2D eigenvalue weighted by Crippen LogP contribution is -2.40. The Kier molecular flexibility index (Phi) is 5.42. The van der Waals surface area contributed by atoms with E-state index in [0.29, 0.717) is 5.52 Å². The second-order valence-corrected chi connectivity index (χ2v) is 11.2. The fourth-order valence-electron chi connectivity index (χ4n) is 5.36. The van der Waals surface area contributed by atoms with E-state index in [1.54, 1.807) is 30.5 Å². The number of hydrogen-bond acceptors (Lipinski definition) is 5. The summed E-state index contributed by atoms with van der Waals surface area (Å²) in [6.45, 7) is 4.87. The maximum absolute atomic E-state index is 13.8. The van der Waals surface area contributed by atoms with Crippen molar-refractivity contribution in [3.63, 3.8) is 0 Å². The van der Waals surface area contributed by atoms with Crippen molar-refractivity contribution in [3.8, 4) is 0 Å². The lowest BCUT2D eigenvalue weighted by atomic mass is 9.93. The lowest BCUT2D eigenvalue weighted by molar-refractivity contribution is 0.124. The van der Waals surface area contributed by atoms with E-state index in [1.807, 2.05) is 29.0 Å². The highest BCUT2D eigenvalue weighted by Crippen LogP contribution is 2.38. The molecule has 2 unspecified atom stereocenters. The highest BCUT2D eigenvalue weighted by atomic mass is 32.2. The number of imidazole rings is 1. The molecule has 1 N–H and O–H groups in total. The second-order valence-electron chi connectivity index (χ2n) is 9.37. The molecule has 8 heteroatoms. The number of aromatic amines is 1. The molecule has 0 saturated carbocycles. The van der Waals surface area contributed by atoms with Crippen LogP contribution in [-0.2, 0) is 16.4 Å².